The number of carbonyl (C=O) groups excluding carboxylic acids is 2. The Morgan fingerprint density at radius 1 is 1.06 bits per heavy atom. The topological polar surface area (TPSA) is 96.0 Å². The van der Waals surface area contributed by atoms with Crippen LogP contribution in [0.1, 0.15) is 10.4 Å². The van der Waals surface area contributed by atoms with Crippen LogP contribution in [0.15, 0.2) is 46.3 Å². The largest absolute Gasteiger partial charge is 0.493 e. The molecule has 1 heterocycles. The van der Waals surface area contributed by atoms with E-state index in [1.807, 2.05) is 29.6 Å². The Bertz CT molecular complexity index is 1100. The number of nitrogens with zero attached hydrogens (tertiary/aromatic N) is 1. The van der Waals surface area contributed by atoms with E-state index in [4.69, 9.17) is 18.9 Å². The average Bonchev–Trinajstić information content (AvgIpc) is 3.24. The summed E-state index contributed by atoms with van der Waals surface area (Å²) in [5.41, 5.74) is 1.76. The van der Waals surface area contributed by atoms with Crippen molar-refractivity contribution in [2.75, 3.05) is 33.3 Å². The van der Waals surface area contributed by atoms with Gasteiger partial charge in [0.05, 0.1) is 27.0 Å². The average molecular weight is 507 g/mol. The van der Waals surface area contributed by atoms with Gasteiger partial charge in [0.2, 0.25) is 5.75 Å². The van der Waals surface area contributed by atoms with Crippen molar-refractivity contribution in [2.24, 2.45) is 0 Å². The molecule has 0 spiro atoms. The summed E-state index contributed by atoms with van der Waals surface area (Å²) < 4.78 is 21.8. The number of thiazole rings is 1. The zero-order valence-electron chi connectivity index (χ0n) is 16.9. The lowest BCUT2D eigenvalue weighted by Gasteiger charge is -2.15. The lowest BCUT2D eigenvalue weighted by atomic mass is 10.1. The molecule has 1 amide bonds. The van der Waals surface area contributed by atoms with Gasteiger partial charge in [-0.15, -0.1) is 11.3 Å². The summed E-state index contributed by atoms with van der Waals surface area (Å²) in [6.45, 7) is -0.484. The molecule has 0 unspecified atom stereocenters. The Morgan fingerprint density at radius 2 is 1.84 bits per heavy atom. The van der Waals surface area contributed by atoms with Crippen LogP contribution < -0.4 is 19.5 Å². The van der Waals surface area contributed by atoms with Crippen molar-refractivity contribution < 1.29 is 28.5 Å². The lowest BCUT2D eigenvalue weighted by Crippen LogP contribution is -2.21. The van der Waals surface area contributed by atoms with Crippen LogP contribution in [-0.2, 0) is 9.53 Å². The Hall–Kier alpha value is -3.11. The minimum Gasteiger partial charge on any atom is -0.493 e. The molecule has 0 aliphatic carbocycles. The molecule has 2 aromatic carbocycles. The highest BCUT2D eigenvalue weighted by Gasteiger charge is 2.22. The first-order valence-electron chi connectivity index (χ1n) is 8.94. The molecular weight excluding hydrogens is 488 g/mol. The Kier molecular flexibility index (Phi) is 7.48. The second-order valence-corrected chi connectivity index (χ2v) is 7.83. The van der Waals surface area contributed by atoms with Crippen molar-refractivity contribution in [1.82, 2.24) is 4.98 Å². The second kappa shape index (κ2) is 10.3. The monoisotopic (exact) mass is 506 g/mol. The molecule has 3 aromatic rings. The Morgan fingerprint density at radius 3 is 2.52 bits per heavy atom. The molecule has 3 rings (SSSR count). The van der Waals surface area contributed by atoms with Crippen LogP contribution in [0.2, 0.25) is 0 Å². The van der Waals surface area contributed by atoms with Crippen molar-refractivity contribution in [1.29, 1.82) is 0 Å². The van der Waals surface area contributed by atoms with Crippen LogP contribution in [0.5, 0.6) is 17.2 Å². The normalized spacial score (nSPS) is 10.3. The maximum atomic E-state index is 12.5. The minimum absolute atomic E-state index is 0.110. The standard InChI is InChI=1S/C21H19BrN2O6S/c1-27-16-8-7-14(18(28-2)19(16)29-3)20(26)30-10-17(25)24-21-23-15(11-31-21)12-5-4-6-13(22)9-12/h4-9,11H,10H2,1-3H3,(H,23,24,25). The first-order valence-corrected chi connectivity index (χ1v) is 10.6. The number of methoxy groups -OCH3 is 3. The first kappa shape index (κ1) is 22.6. The van der Waals surface area contributed by atoms with Gasteiger partial charge in [0.25, 0.3) is 5.91 Å². The smallest absolute Gasteiger partial charge is 0.342 e. The van der Waals surface area contributed by atoms with Gasteiger partial charge < -0.3 is 18.9 Å². The number of hydrogen-bond donors (Lipinski definition) is 1. The lowest BCUT2D eigenvalue weighted by molar-refractivity contribution is -0.119. The summed E-state index contributed by atoms with van der Waals surface area (Å²) >= 11 is 4.70. The molecule has 0 aliphatic heterocycles. The number of ether oxygens (including phenoxy) is 4. The van der Waals surface area contributed by atoms with Gasteiger partial charge >= 0.3 is 5.97 Å². The molecule has 1 N–H and O–H groups in total. The highest BCUT2D eigenvalue weighted by atomic mass is 79.9. The summed E-state index contributed by atoms with van der Waals surface area (Å²) in [4.78, 5) is 29.1. The number of carbonyl (C=O) groups is 2. The fraction of sp³-hybridized carbons (Fsp3) is 0.190. The van der Waals surface area contributed by atoms with E-state index in [-0.39, 0.29) is 17.1 Å². The predicted molar refractivity (Wildman–Crippen MR) is 120 cm³/mol. The molecule has 0 aliphatic rings. The molecular formula is C21H19BrN2O6S. The van der Waals surface area contributed by atoms with Crippen LogP contribution in [-0.4, -0.2) is 44.8 Å². The molecule has 8 nitrogen and oxygen atoms in total. The van der Waals surface area contributed by atoms with Crippen LogP contribution in [0.3, 0.4) is 0 Å². The number of aromatic nitrogens is 1. The number of halogens is 1. The van der Waals surface area contributed by atoms with Crippen molar-refractivity contribution in [2.45, 2.75) is 0 Å². The summed E-state index contributed by atoms with van der Waals surface area (Å²) in [5, 5.41) is 4.86. The van der Waals surface area contributed by atoms with Crippen molar-refractivity contribution >= 4 is 44.3 Å². The van der Waals surface area contributed by atoms with Gasteiger partial charge in [0.15, 0.2) is 23.2 Å². The summed E-state index contributed by atoms with van der Waals surface area (Å²) in [6, 6.07) is 10.7. The third-order valence-corrected chi connectivity index (χ3v) is 5.38. The summed E-state index contributed by atoms with van der Waals surface area (Å²) in [6.07, 6.45) is 0. The maximum absolute atomic E-state index is 12.5. The van der Waals surface area contributed by atoms with Gasteiger partial charge in [0, 0.05) is 15.4 Å². The van der Waals surface area contributed by atoms with E-state index in [1.54, 1.807) is 6.07 Å². The molecule has 10 heteroatoms. The van der Waals surface area contributed by atoms with E-state index >= 15 is 0 Å². The number of rotatable bonds is 8. The van der Waals surface area contributed by atoms with Crippen LogP contribution >= 0.6 is 27.3 Å². The number of hydrogen-bond acceptors (Lipinski definition) is 8. The molecule has 162 valence electrons. The van der Waals surface area contributed by atoms with E-state index in [2.05, 4.69) is 26.2 Å². The van der Waals surface area contributed by atoms with Crippen molar-refractivity contribution in [3.05, 3.63) is 51.8 Å². The maximum Gasteiger partial charge on any atom is 0.342 e. The van der Waals surface area contributed by atoms with E-state index in [0.29, 0.717) is 10.9 Å². The predicted octanol–water partition coefficient (Wildman–Crippen LogP) is 4.39. The third-order valence-electron chi connectivity index (χ3n) is 4.13. The molecule has 1 aromatic heterocycles. The van der Waals surface area contributed by atoms with E-state index in [1.165, 1.54) is 38.7 Å². The molecule has 0 radical (unpaired) electrons. The van der Waals surface area contributed by atoms with Crippen LogP contribution in [0.25, 0.3) is 11.3 Å². The number of nitrogens with one attached hydrogen (secondary N) is 1. The fourth-order valence-electron chi connectivity index (χ4n) is 2.74. The fourth-order valence-corrected chi connectivity index (χ4v) is 3.87. The number of amides is 1. The van der Waals surface area contributed by atoms with Gasteiger partial charge in [-0.1, -0.05) is 28.1 Å². The Balaban J connectivity index is 1.63. The quantitative estimate of drug-likeness (QED) is 0.452. The van der Waals surface area contributed by atoms with Gasteiger partial charge in [-0.2, -0.15) is 0 Å². The van der Waals surface area contributed by atoms with E-state index < -0.39 is 18.5 Å². The Labute approximate surface area is 191 Å². The van der Waals surface area contributed by atoms with Gasteiger partial charge in [-0.05, 0) is 24.3 Å². The van der Waals surface area contributed by atoms with Gasteiger partial charge in [0.1, 0.15) is 5.56 Å². The zero-order chi connectivity index (χ0) is 22.4. The van der Waals surface area contributed by atoms with E-state index in [9.17, 15) is 9.59 Å². The van der Waals surface area contributed by atoms with Gasteiger partial charge in [-0.25, -0.2) is 9.78 Å². The third kappa shape index (κ3) is 5.33. The molecule has 0 saturated heterocycles. The number of anilines is 1. The SMILES string of the molecule is COc1ccc(C(=O)OCC(=O)Nc2nc(-c3cccc(Br)c3)cs2)c(OC)c1OC. The molecule has 0 bridgehead atoms. The molecule has 0 fully saturated rings. The molecule has 31 heavy (non-hydrogen) atoms. The van der Waals surface area contributed by atoms with Gasteiger partial charge in [-0.3, -0.25) is 10.1 Å². The van der Waals surface area contributed by atoms with Crippen LogP contribution in [0, 0.1) is 0 Å². The summed E-state index contributed by atoms with van der Waals surface area (Å²) in [5.74, 6) is -0.430. The minimum atomic E-state index is -0.734. The zero-order valence-corrected chi connectivity index (χ0v) is 19.3. The van der Waals surface area contributed by atoms with Crippen molar-refractivity contribution in [3.63, 3.8) is 0 Å². The number of benzene rings is 2. The molecule has 0 atom stereocenters. The number of esters is 1. The van der Waals surface area contributed by atoms with Crippen molar-refractivity contribution in [3.8, 4) is 28.5 Å². The molecule has 0 saturated carbocycles. The van der Waals surface area contributed by atoms with Crippen LogP contribution in [0.4, 0.5) is 5.13 Å². The highest BCUT2D eigenvalue weighted by Crippen LogP contribution is 2.40. The highest BCUT2D eigenvalue weighted by molar-refractivity contribution is 9.10. The second-order valence-electron chi connectivity index (χ2n) is 6.05. The van der Waals surface area contributed by atoms with E-state index in [0.717, 1.165) is 15.7 Å². The first-order chi connectivity index (χ1) is 15.0. The summed E-state index contributed by atoms with van der Waals surface area (Å²) in [7, 11) is 4.30.